The number of carbonyl (C=O) groups is 1. The van der Waals surface area contributed by atoms with Gasteiger partial charge in [-0.15, -0.1) is 0 Å². The van der Waals surface area contributed by atoms with Crippen molar-refractivity contribution in [3.05, 3.63) is 41.5 Å². The highest BCUT2D eigenvalue weighted by Gasteiger charge is 1.94. The van der Waals surface area contributed by atoms with Gasteiger partial charge in [-0.25, -0.2) is 0 Å². The fraction of sp³-hybridized carbons (Fsp3) is 0.471. The second-order valence-corrected chi connectivity index (χ2v) is 4.75. The lowest BCUT2D eigenvalue weighted by Gasteiger charge is -2.02. The normalized spacial score (nSPS) is 10.9. The van der Waals surface area contributed by atoms with Crippen LogP contribution < -0.4 is 0 Å². The molecule has 0 aliphatic heterocycles. The van der Waals surface area contributed by atoms with Crippen LogP contribution in [0.3, 0.4) is 0 Å². The first kappa shape index (κ1) is 14.7. The maximum absolute atomic E-state index is 10.2. The predicted molar refractivity (Wildman–Crippen MR) is 78.6 cm³/mol. The predicted octanol–water partition coefficient (Wildman–Crippen LogP) is 4.80. The zero-order valence-electron chi connectivity index (χ0n) is 11.4. The third-order valence-corrected chi connectivity index (χ3v) is 3.17. The summed E-state index contributed by atoms with van der Waals surface area (Å²) in [7, 11) is 0. The minimum Gasteiger partial charge on any atom is -0.299 e. The molecule has 0 aromatic heterocycles. The molecular formula is C17H24O. The first-order valence-corrected chi connectivity index (χ1v) is 7.07. The Kier molecular flexibility index (Phi) is 7.87. The molecule has 1 rings (SSSR count). The first-order valence-electron chi connectivity index (χ1n) is 7.07. The van der Waals surface area contributed by atoms with Crippen LogP contribution in [0.15, 0.2) is 30.3 Å². The number of unbranched alkanes of at least 4 members (excludes halogenated alkanes) is 5. The van der Waals surface area contributed by atoms with Crippen molar-refractivity contribution < 1.29 is 4.79 Å². The molecule has 0 aliphatic rings. The molecule has 0 amide bonds. The maximum atomic E-state index is 10.2. The smallest absolute Gasteiger partial charge is 0.142 e. The van der Waals surface area contributed by atoms with Gasteiger partial charge < -0.3 is 0 Å². The van der Waals surface area contributed by atoms with E-state index >= 15 is 0 Å². The van der Waals surface area contributed by atoms with Crippen molar-refractivity contribution in [1.29, 1.82) is 0 Å². The molecule has 0 aliphatic carbocycles. The summed E-state index contributed by atoms with van der Waals surface area (Å²) in [4.78, 5) is 10.2. The molecule has 0 unspecified atom stereocenters. The van der Waals surface area contributed by atoms with Crippen LogP contribution in [0.2, 0.25) is 0 Å². The van der Waals surface area contributed by atoms with E-state index in [-0.39, 0.29) is 0 Å². The van der Waals surface area contributed by atoms with Gasteiger partial charge >= 0.3 is 0 Å². The minimum atomic E-state index is 0.810. The topological polar surface area (TPSA) is 17.1 Å². The van der Waals surface area contributed by atoms with E-state index in [1.54, 1.807) is 0 Å². The number of aldehydes is 1. The third-order valence-electron chi connectivity index (χ3n) is 3.17. The van der Waals surface area contributed by atoms with E-state index in [1.165, 1.54) is 56.6 Å². The Labute approximate surface area is 111 Å². The lowest BCUT2D eigenvalue weighted by molar-refractivity contribution is -0.104. The summed E-state index contributed by atoms with van der Waals surface area (Å²) in [6.45, 7) is 2.25. The summed E-state index contributed by atoms with van der Waals surface area (Å²) < 4.78 is 0. The van der Waals surface area contributed by atoms with E-state index in [1.807, 2.05) is 6.08 Å². The van der Waals surface area contributed by atoms with Crippen LogP contribution >= 0.6 is 0 Å². The van der Waals surface area contributed by atoms with E-state index < -0.39 is 0 Å². The average molecular weight is 244 g/mol. The lowest BCUT2D eigenvalue weighted by Crippen LogP contribution is -1.86. The minimum absolute atomic E-state index is 0.810. The number of rotatable bonds is 9. The molecule has 0 heterocycles. The molecule has 1 nitrogen and oxygen atoms in total. The molecule has 0 saturated carbocycles. The molecule has 18 heavy (non-hydrogen) atoms. The lowest BCUT2D eigenvalue weighted by atomic mass is 10.0. The average Bonchev–Trinajstić information content (AvgIpc) is 2.42. The van der Waals surface area contributed by atoms with Crippen LogP contribution in [0.5, 0.6) is 0 Å². The van der Waals surface area contributed by atoms with Crippen molar-refractivity contribution >= 4 is 12.4 Å². The zero-order valence-corrected chi connectivity index (χ0v) is 11.4. The number of hydrogen-bond donors (Lipinski definition) is 0. The van der Waals surface area contributed by atoms with Crippen LogP contribution in [-0.2, 0) is 11.2 Å². The summed E-state index contributed by atoms with van der Waals surface area (Å²) in [6.07, 6.45) is 13.4. The largest absolute Gasteiger partial charge is 0.299 e. The number of hydrogen-bond acceptors (Lipinski definition) is 1. The molecule has 0 atom stereocenters. The van der Waals surface area contributed by atoms with Crippen molar-refractivity contribution in [3.8, 4) is 0 Å². The molecule has 0 spiro atoms. The van der Waals surface area contributed by atoms with Gasteiger partial charge in [0.2, 0.25) is 0 Å². The van der Waals surface area contributed by atoms with E-state index in [9.17, 15) is 4.79 Å². The molecule has 0 N–H and O–H groups in total. The summed E-state index contributed by atoms with van der Waals surface area (Å²) >= 11 is 0. The van der Waals surface area contributed by atoms with Crippen LogP contribution in [0.1, 0.15) is 56.6 Å². The number of aryl methyl sites for hydroxylation is 1. The highest BCUT2D eigenvalue weighted by Crippen LogP contribution is 2.11. The molecule has 0 radical (unpaired) electrons. The van der Waals surface area contributed by atoms with Crippen molar-refractivity contribution in [2.45, 2.75) is 51.9 Å². The van der Waals surface area contributed by atoms with Crippen LogP contribution in [0, 0.1) is 0 Å². The molecule has 0 bridgehead atoms. The Bertz CT molecular complexity index is 348. The fourth-order valence-corrected chi connectivity index (χ4v) is 2.06. The monoisotopic (exact) mass is 244 g/mol. The fourth-order valence-electron chi connectivity index (χ4n) is 2.06. The SMILES string of the molecule is CCCCCCCCc1ccc(C=CC=O)cc1. The molecule has 0 fully saturated rings. The van der Waals surface area contributed by atoms with E-state index in [0.29, 0.717) is 0 Å². The molecule has 0 saturated heterocycles. The van der Waals surface area contributed by atoms with Gasteiger partial charge in [0.25, 0.3) is 0 Å². The van der Waals surface area contributed by atoms with Gasteiger partial charge in [0.1, 0.15) is 6.29 Å². The summed E-state index contributed by atoms with van der Waals surface area (Å²) in [5.74, 6) is 0. The second-order valence-electron chi connectivity index (χ2n) is 4.75. The highest BCUT2D eigenvalue weighted by molar-refractivity contribution is 5.73. The standard InChI is InChI=1S/C17H24O/c1-2-3-4-5-6-7-9-16-11-13-17(14-12-16)10-8-15-18/h8,10-15H,2-7,9H2,1H3. The quantitative estimate of drug-likeness (QED) is 0.346. The number of allylic oxidation sites excluding steroid dienone is 1. The molecule has 1 aromatic carbocycles. The van der Waals surface area contributed by atoms with Gasteiger partial charge in [-0.3, -0.25) is 4.79 Å². The van der Waals surface area contributed by atoms with Gasteiger partial charge in [-0.2, -0.15) is 0 Å². The second kappa shape index (κ2) is 9.64. The molecular weight excluding hydrogens is 220 g/mol. The molecule has 98 valence electrons. The van der Waals surface area contributed by atoms with E-state index in [4.69, 9.17) is 0 Å². The summed E-state index contributed by atoms with van der Waals surface area (Å²) in [5.41, 5.74) is 2.49. The van der Waals surface area contributed by atoms with E-state index in [2.05, 4.69) is 31.2 Å². The van der Waals surface area contributed by atoms with Crippen molar-refractivity contribution in [2.24, 2.45) is 0 Å². The van der Waals surface area contributed by atoms with Crippen LogP contribution in [0.25, 0.3) is 6.08 Å². The molecule has 1 heteroatoms. The van der Waals surface area contributed by atoms with Gasteiger partial charge in [0, 0.05) is 0 Å². The molecule has 1 aromatic rings. The third kappa shape index (κ3) is 6.39. The highest BCUT2D eigenvalue weighted by atomic mass is 16.1. The van der Waals surface area contributed by atoms with Crippen molar-refractivity contribution in [1.82, 2.24) is 0 Å². The van der Waals surface area contributed by atoms with Gasteiger partial charge in [0.15, 0.2) is 0 Å². The summed E-state index contributed by atoms with van der Waals surface area (Å²) in [6, 6.07) is 8.48. The van der Waals surface area contributed by atoms with Crippen molar-refractivity contribution in [2.75, 3.05) is 0 Å². The van der Waals surface area contributed by atoms with Gasteiger partial charge in [-0.05, 0) is 30.0 Å². The van der Waals surface area contributed by atoms with Crippen LogP contribution in [-0.4, -0.2) is 6.29 Å². The van der Waals surface area contributed by atoms with Gasteiger partial charge in [0.05, 0.1) is 0 Å². The first-order chi connectivity index (χ1) is 8.86. The Hall–Kier alpha value is -1.37. The number of benzene rings is 1. The Morgan fingerprint density at radius 3 is 2.28 bits per heavy atom. The van der Waals surface area contributed by atoms with E-state index in [0.717, 1.165) is 11.8 Å². The Morgan fingerprint density at radius 1 is 0.944 bits per heavy atom. The maximum Gasteiger partial charge on any atom is 0.142 e. The zero-order chi connectivity index (χ0) is 13.1. The van der Waals surface area contributed by atoms with Crippen LogP contribution in [0.4, 0.5) is 0 Å². The summed E-state index contributed by atoms with van der Waals surface area (Å²) in [5, 5.41) is 0. The van der Waals surface area contributed by atoms with Gasteiger partial charge in [-0.1, -0.05) is 69.4 Å². The van der Waals surface area contributed by atoms with Crippen molar-refractivity contribution in [3.63, 3.8) is 0 Å². The Balaban J connectivity index is 2.22. The Morgan fingerprint density at radius 2 is 1.61 bits per heavy atom. The number of carbonyl (C=O) groups excluding carboxylic acids is 1.